The summed E-state index contributed by atoms with van der Waals surface area (Å²) in [5, 5.41) is 8.79. The summed E-state index contributed by atoms with van der Waals surface area (Å²) in [5.74, 6) is 0.397. The van der Waals surface area contributed by atoms with E-state index in [1.807, 2.05) is 79.7 Å². The maximum atomic E-state index is 14.7. The summed E-state index contributed by atoms with van der Waals surface area (Å²) in [5.41, 5.74) is 5.60. The molecule has 0 saturated carbocycles. The molecule has 10 nitrogen and oxygen atoms in total. The maximum Gasteiger partial charge on any atom is 0.272 e. The van der Waals surface area contributed by atoms with Crippen molar-refractivity contribution in [1.82, 2.24) is 29.7 Å². The number of amides is 1. The predicted molar refractivity (Wildman–Crippen MR) is 219 cm³/mol. The predicted octanol–water partition coefficient (Wildman–Crippen LogP) is 8.60. The molecule has 1 amide bonds. The number of pyridine rings is 1. The van der Waals surface area contributed by atoms with Crippen LogP contribution in [-0.2, 0) is 4.79 Å². The van der Waals surface area contributed by atoms with Crippen molar-refractivity contribution >= 4 is 69.4 Å². The van der Waals surface area contributed by atoms with Crippen molar-refractivity contribution in [3.05, 3.63) is 118 Å². The lowest BCUT2D eigenvalue weighted by Gasteiger charge is -2.37. The summed E-state index contributed by atoms with van der Waals surface area (Å²) in [6, 6.07) is 24.8. The summed E-state index contributed by atoms with van der Waals surface area (Å²) in [6.45, 7) is 5.61. The van der Waals surface area contributed by atoms with Crippen molar-refractivity contribution in [2.75, 3.05) is 50.0 Å². The number of rotatable bonds is 13. The number of aldehydes is 1. The number of imidazole rings is 1. The number of hydrogen-bond acceptors (Lipinski definition) is 7. The van der Waals surface area contributed by atoms with Gasteiger partial charge in [0.05, 0.1) is 36.0 Å². The van der Waals surface area contributed by atoms with Gasteiger partial charge < -0.3 is 34.8 Å². The number of anilines is 2. The molecule has 0 aliphatic carbocycles. The molecule has 1 unspecified atom stereocenters. The molecule has 278 valence electrons. The largest absolute Gasteiger partial charge is 0.355 e. The molecule has 54 heavy (non-hydrogen) atoms. The number of nitrogens with one attached hydrogen (secondary N) is 3. The lowest BCUT2D eigenvalue weighted by molar-refractivity contribution is -0.107. The zero-order valence-corrected chi connectivity index (χ0v) is 32.3. The van der Waals surface area contributed by atoms with Gasteiger partial charge in [-0.25, -0.2) is 9.97 Å². The summed E-state index contributed by atoms with van der Waals surface area (Å²) < 4.78 is 2.06. The fourth-order valence-electron chi connectivity index (χ4n) is 7.33. The van der Waals surface area contributed by atoms with Crippen molar-refractivity contribution in [3.63, 3.8) is 0 Å². The first kappa shape index (κ1) is 37.6. The topological polar surface area (TPSA) is 111 Å². The highest BCUT2D eigenvalue weighted by Crippen LogP contribution is 2.42. The first-order valence-corrected chi connectivity index (χ1v) is 19.1. The molecule has 13 heteroatoms. The number of fused-ring (bicyclic) bond motifs is 1. The number of aromatic nitrogens is 4. The molecule has 7 rings (SSSR count). The summed E-state index contributed by atoms with van der Waals surface area (Å²) in [6.07, 6.45) is 6.33. The number of likely N-dealkylation sites (N-methyl/N-ethyl adjacent to an activating group) is 1. The summed E-state index contributed by atoms with van der Waals surface area (Å²) in [4.78, 5) is 43.0. The van der Waals surface area contributed by atoms with Crippen LogP contribution >= 0.6 is 34.8 Å². The molecule has 6 aromatic rings. The first-order chi connectivity index (χ1) is 26.2. The van der Waals surface area contributed by atoms with Gasteiger partial charge in [0, 0.05) is 75.5 Å². The van der Waals surface area contributed by atoms with Crippen LogP contribution in [0.1, 0.15) is 41.9 Å². The number of benzene rings is 3. The van der Waals surface area contributed by atoms with Crippen LogP contribution in [0.5, 0.6) is 0 Å². The molecular formula is C41H41Cl3N8O2. The van der Waals surface area contributed by atoms with E-state index in [-0.39, 0.29) is 11.9 Å². The minimum atomic E-state index is -0.326. The molecule has 3 aromatic heterocycles. The minimum absolute atomic E-state index is 0.276. The Labute approximate surface area is 329 Å². The van der Waals surface area contributed by atoms with Crippen molar-refractivity contribution in [3.8, 4) is 22.5 Å². The first-order valence-electron chi connectivity index (χ1n) is 18.0. The Bertz CT molecular complexity index is 2270. The summed E-state index contributed by atoms with van der Waals surface area (Å²) in [7, 11) is 2.13. The van der Waals surface area contributed by atoms with Gasteiger partial charge in [0.15, 0.2) is 5.82 Å². The van der Waals surface area contributed by atoms with Gasteiger partial charge in [-0.15, -0.1) is 0 Å². The van der Waals surface area contributed by atoms with Crippen molar-refractivity contribution in [2.45, 2.75) is 31.8 Å². The number of halogens is 3. The van der Waals surface area contributed by atoms with E-state index in [1.54, 1.807) is 18.6 Å². The Morgan fingerprint density at radius 1 is 1.00 bits per heavy atom. The highest BCUT2D eigenvalue weighted by molar-refractivity contribution is 6.35. The third kappa shape index (κ3) is 7.90. The Kier molecular flexibility index (Phi) is 11.7. The van der Waals surface area contributed by atoms with E-state index in [9.17, 15) is 9.59 Å². The average molecular weight is 784 g/mol. The molecule has 1 atom stereocenters. The van der Waals surface area contributed by atoms with Gasteiger partial charge in [-0.2, -0.15) is 0 Å². The fraction of sp³-hybridized carbons (Fsp3) is 0.268. The Hall–Kier alpha value is -4.71. The van der Waals surface area contributed by atoms with E-state index < -0.39 is 0 Å². The number of carbonyl (C=O) groups is 2. The highest BCUT2D eigenvalue weighted by Gasteiger charge is 2.30. The van der Waals surface area contributed by atoms with Crippen LogP contribution < -0.4 is 15.5 Å². The number of H-pyrrole nitrogens is 1. The molecule has 0 radical (unpaired) electrons. The van der Waals surface area contributed by atoms with Gasteiger partial charge in [-0.3, -0.25) is 4.79 Å². The van der Waals surface area contributed by atoms with Crippen molar-refractivity contribution in [2.24, 2.45) is 0 Å². The Balaban J connectivity index is 1.25. The molecular weight excluding hydrogens is 743 g/mol. The Morgan fingerprint density at radius 2 is 1.76 bits per heavy atom. The molecule has 1 saturated heterocycles. The molecule has 4 heterocycles. The Morgan fingerprint density at radius 3 is 2.52 bits per heavy atom. The maximum absolute atomic E-state index is 14.7. The number of nitrogens with zero attached hydrogens (tertiary/aromatic N) is 5. The lowest BCUT2D eigenvalue weighted by Crippen LogP contribution is -2.45. The number of piperidine rings is 1. The van der Waals surface area contributed by atoms with Crippen molar-refractivity contribution in [1.29, 1.82) is 0 Å². The zero-order valence-electron chi connectivity index (χ0n) is 30.0. The third-order valence-electron chi connectivity index (χ3n) is 10.2. The molecule has 1 fully saturated rings. The molecule has 0 bridgehead atoms. The third-order valence-corrected chi connectivity index (χ3v) is 11.0. The van der Waals surface area contributed by atoms with E-state index in [4.69, 9.17) is 44.8 Å². The number of aromatic amines is 1. The number of hydrogen-bond donors (Lipinski definition) is 3. The van der Waals surface area contributed by atoms with E-state index in [0.717, 1.165) is 73.3 Å². The van der Waals surface area contributed by atoms with Gasteiger partial charge in [0.25, 0.3) is 5.91 Å². The van der Waals surface area contributed by atoms with Crippen LogP contribution in [0, 0.1) is 0 Å². The molecule has 1 aliphatic rings. The van der Waals surface area contributed by atoms with E-state index in [0.29, 0.717) is 55.8 Å². The molecule has 3 N–H and O–H groups in total. The van der Waals surface area contributed by atoms with Crippen LogP contribution in [0.15, 0.2) is 91.4 Å². The smallest absolute Gasteiger partial charge is 0.272 e. The highest BCUT2D eigenvalue weighted by atomic mass is 35.5. The second-order valence-corrected chi connectivity index (χ2v) is 14.8. The van der Waals surface area contributed by atoms with Crippen LogP contribution in [0.4, 0.5) is 11.5 Å². The van der Waals surface area contributed by atoms with Gasteiger partial charge in [0.1, 0.15) is 12.0 Å². The van der Waals surface area contributed by atoms with Gasteiger partial charge in [-0.1, -0.05) is 77.3 Å². The SMILES string of the molecule is CC(c1ccc(Cl)cc1Cl)n1cnc(-c2ccccc2)c1-c1c(C(=O)Nc2cccnc2N2CCC(N(C)CCNCC=O)CC2)[nH]c2cc(Cl)ccc12. The van der Waals surface area contributed by atoms with Gasteiger partial charge in [-0.05, 0) is 68.8 Å². The van der Waals surface area contributed by atoms with Crippen LogP contribution in [-0.4, -0.2) is 82.4 Å². The van der Waals surface area contributed by atoms with Crippen LogP contribution in [0.3, 0.4) is 0 Å². The lowest BCUT2D eigenvalue weighted by atomic mass is 9.99. The standard InChI is InChI=1S/C41H41Cl3N8O2/c1-26(31-12-10-28(42)23-33(31)44)52-25-47-37(27-7-4-3-5-8-27)39(52)36-32-13-11-29(43)24-35(32)48-38(36)41(54)49-34-9-6-16-46-40(34)51-19-14-30(15-20-51)50(2)21-17-45-18-22-53/h3-13,16,22-26,30,45,48H,14-15,17-21H2,1-2H3,(H,49,54). The number of carbonyl (C=O) groups excluding carboxylic acids is 2. The molecule has 1 aliphatic heterocycles. The average Bonchev–Trinajstić information content (AvgIpc) is 3.78. The normalized spacial score (nSPS) is 14.1. The zero-order chi connectivity index (χ0) is 37.8. The fourth-order valence-corrected chi connectivity index (χ4v) is 8.07. The van der Waals surface area contributed by atoms with Gasteiger partial charge >= 0.3 is 0 Å². The van der Waals surface area contributed by atoms with Crippen molar-refractivity contribution < 1.29 is 9.59 Å². The van der Waals surface area contributed by atoms with Crippen LogP contribution in [0.2, 0.25) is 15.1 Å². The monoisotopic (exact) mass is 782 g/mol. The quantitative estimate of drug-likeness (QED) is 0.0795. The van der Waals surface area contributed by atoms with Gasteiger partial charge in [0.2, 0.25) is 0 Å². The minimum Gasteiger partial charge on any atom is -0.355 e. The second-order valence-electron chi connectivity index (χ2n) is 13.5. The molecule has 3 aromatic carbocycles. The van der Waals surface area contributed by atoms with E-state index >= 15 is 0 Å². The molecule has 0 spiro atoms. The second kappa shape index (κ2) is 16.8. The van der Waals surface area contributed by atoms with Crippen LogP contribution in [0.25, 0.3) is 33.4 Å². The summed E-state index contributed by atoms with van der Waals surface area (Å²) >= 11 is 19.6. The van der Waals surface area contributed by atoms with E-state index in [1.165, 1.54) is 0 Å². The van der Waals surface area contributed by atoms with E-state index in [2.05, 4.69) is 37.0 Å².